The van der Waals surface area contributed by atoms with Gasteiger partial charge in [-0.3, -0.25) is 0 Å². The van der Waals surface area contributed by atoms with Crippen LogP contribution in [0.1, 0.15) is 35.1 Å². The predicted octanol–water partition coefficient (Wildman–Crippen LogP) is 17.9. The molecule has 3 atom stereocenters. The zero-order valence-electron chi connectivity index (χ0n) is 37.7. The number of hydrogen-bond acceptors (Lipinski definition) is 3. The van der Waals surface area contributed by atoms with Gasteiger partial charge in [0.05, 0.1) is 17.1 Å². The van der Waals surface area contributed by atoms with Crippen LogP contribution < -0.4 is 9.80 Å². The fraction of sp³-hybridized carbons (Fsp3) is 0.108. The third kappa shape index (κ3) is 5.95. The molecule has 2 nitrogen and oxygen atoms in total. The average Bonchev–Trinajstić information content (AvgIpc) is 4.14. The molecule has 0 bridgehead atoms. The van der Waals surface area contributed by atoms with Gasteiger partial charge in [0.15, 0.2) is 0 Å². The summed E-state index contributed by atoms with van der Waals surface area (Å²) >= 11 is 1.90. The minimum atomic E-state index is -0.173. The minimum Gasteiger partial charge on any atom is -0.310 e. The number of rotatable bonds is 8. The van der Waals surface area contributed by atoms with Gasteiger partial charge in [-0.25, -0.2) is 0 Å². The molecule has 11 aromatic rings. The molecule has 0 aliphatic heterocycles. The molecule has 3 unspecified atom stereocenters. The molecular weight excluding hydrogens is 841 g/mol. The van der Waals surface area contributed by atoms with Gasteiger partial charge in [0, 0.05) is 48.2 Å². The summed E-state index contributed by atoms with van der Waals surface area (Å²) < 4.78 is 2.65. The first-order valence-electron chi connectivity index (χ1n) is 24.3. The second kappa shape index (κ2) is 15.7. The Morgan fingerprint density at radius 1 is 0.368 bits per heavy atom. The Hall–Kier alpha value is -7.72. The molecule has 1 aromatic heterocycles. The van der Waals surface area contributed by atoms with Crippen LogP contribution in [0.5, 0.6) is 0 Å². The Morgan fingerprint density at radius 2 is 0.912 bits per heavy atom. The van der Waals surface area contributed by atoms with Gasteiger partial charge < -0.3 is 9.80 Å². The largest absolute Gasteiger partial charge is 0.310 e. The molecule has 0 saturated heterocycles. The van der Waals surface area contributed by atoms with Gasteiger partial charge in [-0.05, 0) is 148 Å². The van der Waals surface area contributed by atoms with Crippen molar-refractivity contribution in [1.82, 2.24) is 0 Å². The highest BCUT2D eigenvalue weighted by Crippen LogP contribution is 2.69. The molecule has 0 amide bonds. The molecule has 14 rings (SSSR count). The van der Waals surface area contributed by atoms with Crippen molar-refractivity contribution in [2.75, 3.05) is 9.80 Å². The first kappa shape index (κ1) is 39.4. The third-order valence-electron chi connectivity index (χ3n) is 15.7. The van der Waals surface area contributed by atoms with Gasteiger partial charge in [0.2, 0.25) is 0 Å². The molecule has 0 N–H and O–H groups in total. The summed E-state index contributed by atoms with van der Waals surface area (Å²) in [4.78, 5) is 5.22. The zero-order chi connectivity index (χ0) is 44.8. The highest BCUT2D eigenvalue weighted by atomic mass is 32.1. The number of fused-ring (bicyclic) bond motifs is 6. The lowest BCUT2D eigenvalue weighted by Gasteiger charge is -2.40. The van der Waals surface area contributed by atoms with E-state index in [1.54, 1.807) is 0 Å². The lowest BCUT2D eigenvalue weighted by molar-refractivity contribution is 0.350. The van der Waals surface area contributed by atoms with Gasteiger partial charge in [-0.15, -0.1) is 11.3 Å². The van der Waals surface area contributed by atoms with E-state index in [-0.39, 0.29) is 5.41 Å². The minimum absolute atomic E-state index is 0.173. The number of anilines is 6. The van der Waals surface area contributed by atoms with Gasteiger partial charge in [-0.2, -0.15) is 0 Å². The van der Waals surface area contributed by atoms with Crippen LogP contribution in [-0.2, 0) is 18.3 Å². The molecule has 1 heterocycles. The van der Waals surface area contributed by atoms with Gasteiger partial charge >= 0.3 is 0 Å². The SMILES string of the molecule is c1ccc(-c2ccc(-c3c(N(c4ccccc4)c4cccc5c4C46c7c(cccc7N(c7ccccc7)c7ccc8c(c7)sc7ccccc78)CC4CCC6C5)ccc4ccccc34)cc2)cc1. The van der Waals surface area contributed by atoms with Gasteiger partial charge in [0.25, 0.3) is 0 Å². The van der Waals surface area contributed by atoms with E-state index in [0.29, 0.717) is 11.8 Å². The van der Waals surface area contributed by atoms with Gasteiger partial charge in [0.1, 0.15) is 0 Å². The van der Waals surface area contributed by atoms with Crippen molar-refractivity contribution in [3.05, 3.63) is 253 Å². The van der Waals surface area contributed by atoms with Crippen LogP contribution in [0.2, 0.25) is 0 Å². The van der Waals surface area contributed by atoms with E-state index in [9.17, 15) is 0 Å². The summed E-state index contributed by atoms with van der Waals surface area (Å²) in [6, 6.07) is 86.4. The lowest BCUT2D eigenvalue weighted by atomic mass is 9.68. The number of benzene rings is 10. The number of hydrogen-bond donors (Lipinski definition) is 0. The molecule has 10 aromatic carbocycles. The van der Waals surface area contributed by atoms with Crippen LogP contribution in [0.25, 0.3) is 53.2 Å². The smallest absolute Gasteiger partial charge is 0.0546 e. The summed E-state index contributed by atoms with van der Waals surface area (Å²) in [5, 5.41) is 5.15. The van der Waals surface area contributed by atoms with Crippen LogP contribution in [-0.4, -0.2) is 0 Å². The maximum Gasteiger partial charge on any atom is 0.0546 e. The quantitative estimate of drug-likeness (QED) is 0.150. The van der Waals surface area contributed by atoms with Crippen molar-refractivity contribution in [2.24, 2.45) is 11.8 Å². The second-order valence-electron chi connectivity index (χ2n) is 19.1. The molecule has 1 saturated carbocycles. The van der Waals surface area contributed by atoms with Crippen LogP contribution in [0.15, 0.2) is 231 Å². The Bertz CT molecular complexity index is 3700. The summed E-state index contributed by atoms with van der Waals surface area (Å²) in [5.74, 6) is 0.987. The van der Waals surface area contributed by atoms with E-state index >= 15 is 0 Å². The van der Waals surface area contributed by atoms with Crippen molar-refractivity contribution in [2.45, 2.75) is 31.1 Å². The summed E-state index contributed by atoms with van der Waals surface area (Å²) in [7, 11) is 0. The molecule has 3 heteroatoms. The Labute approximate surface area is 402 Å². The van der Waals surface area contributed by atoms with E-state index in [1.807, 2.05) is 11.3 Å². The zero-order valence-corrected chi connectivity index (χ0v) is 38.5. The van der Waals surface area contributed by atoms with Crippen molar-refractivity contribution in [1.29, 1.82) is 0 Å². The van der Waals surface area contributed by atoms with Crippen LogP contribution >= 0.6 is 11.3 Å². The topological polar surface area (TPSA) is 6.48 Å². The molecule has 1 spiro atoms. The average molecular weight is 889 g/mol. The molecule has 68 heavy (non-hydrogen) atoms. The van der Waals surface area contributed by atoms with E-state index in [1.165, 1.54) is 122 Å². The standard InChI is InChI=1S/C65H48N2S/c1-4-16-43(17-5-1)44-30-32-46(33-31-44)62-54-25-11-10-18-45(54)34-39-57(62)67(52-23-8-3-9-24-52)59-28-15-20-48-41-50-36-35-49-40-47-19-14-27-58(63(47)65(49,50)64(48)59)66(51-21-6-2-7-22-51)53-37-38-56-55-26-12-13-29-60(55)68-61(56)42-53/h1-34,37-39,42,49-50H,35-36,40-41H2. The van der Waals surface area contributed by atoms with Crippen molar-refractivity contribution < 1.29 is 0 Å². The second-order valence-corrected chi connectivity index (χ2v) is 20.2. The van der Waals surface area contributed by atoms with Gasteiger partial charge in [-0.1, -0.05) is 170 Å². The predicted molar refractivity (Wildman–Crippen MR) is 288 cm³/mol. The first-order valence-corrected chi connectivity index (χ1v) is 25.1. The third-order valence-corrected chi connectivity index (χ3v) is 16.9. The van der Waals surface area contributed by atoms with Crippen LogP contribution in [0, 0.1) is 11.8 Å². The molecule has 3 aliphatic rings. The maximum atomic E-state index is 2.63. The fourth-order valence-corrected chi connectivity index (χ4v) is 14.2. The van der Waals surface area contributed by atoms with Crippen LogP contribution in [0.4, 0.5) is 34.1 Å². The highest BCUT2D eigenvalue weighted by molar-refractivity contribution is 7.25. The molecule has 1 fully saturated rings. The normalized spacial score (nSPS) is 17.8. The Balaban J connectivity index is 1.00. The van der Waals surface area contributed by atoms with E-state index < -0.39 is 0 Å². The number of nitrogens with zero attached hydrogens (tertiary/aromatic N) is 2. The monoisotopic (exact) mass is 888 g/mol. The van der Waals surface area contributed by atoms with Crippen molar-refractivity contribution in [3.8, 4) is 22.3 Å². The van der Waals surface area contributed by atoms with Crippen LogP contribution in [0.3, 0.4) is 0 Å². The van der Waals surface area contributed by atoms with E-state index in [0.717, 1.165) is 12.8 Å². The highest BCUT2D eigenvalue weighted by Gasteiger charge is 2.62. The molecule has 324 valence electrons. The number of thiophene rings is 1. The molecule has 3 aliphatic carbocycles. The summed E-state index contributed by atoms with van der Waals surface area (Å²) in [6.07, 6.45) is 4.63. The molecule has 0 radical (unpaired) electrons. The summed E-state index contributed by atoms with van der Waals surface area (Å²) in [6.45, 7) is 0. The Kier molecular flexibility index (Phi) is 9.10. The Morgan fingerprint density at radius 3 is 1.60 bits per heavy atom. The lowest BCUT2D eigenvalue weighted by Crippen LogP contribution is -2.34. The summed E-state index contributed by atoms with van der Waals surface area (Å²) in [5.41, 5.74) is 18.1. The van der Waals surface area contributed by atoms with Crippen molar-refractivity contribution in [3.63, 3.8) is 0 Å². The van der Waals surface area contributed by atoms with Crippen molar-refractivity contribution >= 4 is 76.4 Å². The maximum absolute atomic E-state index is 2.63. The first-order chi connectivity index (χ1) is 33.7. The molecular formula is C65H48N2S. The van der Waals surface area contributed by atoms with E-state index in [2.05, 4.69) is 240 Å². The van der Waals surface area contributed by atoms with E-state index in [4.69, 9.17) is 0 Å². The fourth-order valence-electron chi connectivity index (χ4n) is 13.1. The number of para-hydroxylation sites is 2.